The van der Waals surface area contributed by atoms with E-state index in [1.54, 1.807) is 18.2 Å². The van der Waals surface area contributed by atoms with E-state index in [0.717, 1.165) is 24.2 Å². The Hall–Kier alpha value is -3.17. The third-order valence-corrected chi connectivity index (χ3v) is 7.44. The molecule has 9 heteroatoms. The molecule has 166 valence electrons. The minimum Gasteiger partial charge on any atom is -0.454 e. The Morgan fingerprint density at radius 1 is 0.906 bits per heavy atom. The highest BCUT2D eigenvalue weighted by Gasteiger charge is 2.27. The number of Topliss-reactive ketones (excluding diaryl/α,β-unsaturated/α-hetero) is 1. The lowest BCUT2D eigenvalue weighted by atomic mass is 10.1. The van der Waals surface area contributed by atoms with Crippen LogP contribution in [-0.4, -0.2) is 54.1 Å². The number of carbonyl (C=O) groups is 2. The van der Waals surface area contributed by atoms with E-state index in [4.69, 9.17) is 4.74 Å². The van der Waals surface area contributed by atoms with Gasteiger partial charge in [0, 0.05) is 18.7 Å². The second-order valence-electron chi connectivity index (χ2n) is 7.73. The molecular formula is C23H23N3O5S. The maximum Gasteiger partial charge on any atom is 0.338 e. The fraction of sp³-hybridized carbons (Fsp3) is 0.304. The smallest absolute Gasteiger partial charge is 0.338 e. The van der Waals surface area contributed by atoms with Gasteiger partial charge >= 0.3 is 5.97 Å². The van der Waals surface area contributed by atoms with E-state index < -0.39 is 28.4 Å². The zero-order valence-electron chi connectivity index (χ0n) is 17.9. The van der Waals surface area contributed by atoms with Gasteiger partial charge < -0.3 is 4.74 Å². The number of rotatable bonds is 6. The number of benzene rings is 2. The molecule has 1 aromatic heterocycles. The molecule has 0 N–H and O–H groups in total. The highest BCUT2D eigenvalue weighted by molar-refractivity contribution is 7.89. The van der Waals surface area contributed by atoms with Crippen LogP contribution in [-0.2, 0) is 14.8 Å². The molecule has 32 heavy (non-hydrogen) atoms. The first-order valence-corrected chi connectivity index (χ1v) is 11.8. The number of esters is 1. The molecule has 8 nitrogen and oxygen atoms in total. The number of fused-ring (bicyclic) bond motifs is 1. The van der Waals surface area contributed by atoms with Crippen molar-refractivity contribution >= 4 is 32.8 Å². The third-order valence-electron chi connectivity index (χ3n) is 5.52. The molecule has 1 fully saturated rings. The van der Waals surface area contributed by atoms with E-state index in [9.17, 15) is 18.0 Å². The molecule has 4 rings (SSSR count). The molecule has 0 bridgehead atoms. The number of aromatic nitrogens is 2. The molecule has 1 aliphatic heterocycles. The number of ketones is 1. The van der Waals surface area contributed by atoms with Crippen LogP contribution in [0.3, 0.4) is 0 Å². The molecule has 0 aliphatic carbocycles. The number of carbonyl (C=O) groups excluding carboxylic acids is 2. The second-order valence-corrected chi connectivity index (χ2v) is 9.67. The van der Waals surface area contributed by atoms with E-state index in [1.165, 1.54) is 28.6 Å². The van der Waals surface area contributed by atoms with Gasteiger partial charge in [0.15, 0.2) is 12.4 Å². The second kappa shape index (κ2) is 8.76. The van der Waals surface area contributed by atoms with Crippen LogP contribution in [0.25, 0.3) is 11.0 Å². The third kappa shape index (κ3) is 4.39. The van der Waals surface area contributed by atoms with Gasteiger partial charge in [-0.25, -0.2) is 23.2 Å². The number of hydrogen-bond acceptors (Lipinski definition) is 7. The average molecular weight is 454 g/mol. The minimum absolute atomic E-state index is 0.149. The summed E-state index contributed by atoms with van der Waals surface area (Å²) in [4.78, 5) is 33.8. The van der Waals surface area contributed by atoms with Crippen LogP contribution in [0.1, 0.15) is 44.9 Å². The van der Waals surface area contributed by atoms with Crippen LogP contribution in [0.2, 0.25) is 0 Å². The predicted molar refractivity (Wildman–Crippen MR) is 118 cm³/mol. The van der Waals surface area contributed by atoms with Crippen molar-refractivity contribution in [3.05, 3.63) is 65.0 Å². The van der Waals surface area contributed by atoms with Crippen molar-refractivity contribution in [2.75, 3.05) is 19.7 Å². The molecule has 0 saturated carbocycles. The van der Waals surface area contributed by atoms with Crippen LogP contribution in [0.5, 0.6) is 0 Å². The van der Waals surface area contributed by atoms with Gasteiger partial charge in [-0.15, -0.1) is 0 Å². The maximum absolute atomic E-state index is 12.6. The van der Waals surface area contributed by atoms with E-state index in [2.05, 4.69) is 9.97 Å². The Labute approximate surface area is 186 Å². The summed E-state index contributed by atoms with van der Waals surface area (Å²) in [6.07, 6.45) is 1.70. The Bertz CT molecular complexity index is 1300. The van der Waals surface area contributed by atoms with Crippen molar-refractivity contribution in [2.45, 2.75) is 31.6 Å². The normalized spacial score (nSPS) is 14.6. The highest BCUT2D eigenvalue weighted by Crippen LogP contribution is 2.21. The molecule has 0 atom stereocenters. The van der Waals surface area contributed by atoms with Crippen molar-refractivity contribution < 1.29 is 22.7 Å². The largest absolute Gasteiger partial charge is 0.454 e. The molecule has 1 aliphatic rings. The SMILES string of the molecule is Cc1nc2ccc(C(=O)OCC(=O)c3ccc(S(=O)(=O)N4CCCC4)cc3)cc2nc1C. The zero-order valence-corrected chi connectivity index (χ0v) is 18.7. The van der Waals surface area contributed by atoms with Crippen LogP contribution >= 0.6 is 0 Å². The first-order chi connectivity index (χ1) is 15.3. The van der Waals surface area contributed by atoms with Crippen LogP contribution < -0.4 is 0 Å². The minimum atomic E-state index is -3.54. The molecule has 2 heterocycles. The quantitative estimate of drug-likeness (QED) is 0.417. The summed E-state index contributed by atoms with van der Waals surface area (Å²) in [5, 5.41) is 0. The maximum atomic E-state index is 12.6. The van der Waals surface area contributed by atoms with Crippen molar-refractivity contribution in [2.24, 2.45) is 0 Å². The first-order valence-electron chi connectivity index (χ1n) is 10.3. The monoisotopic (exact) mass is 453 g/mol. The topological polar surface area (TPSA) is 107 Å². The van der Waals surface area contributed by atoms with Gasteiger partial charge in [-0.3, -0.25) is 4.79 Å². The standard InChI is InChI=1S/C23H23N3O5S/c1-15-16(2)25-21-13-18(7-10-20(21)24-15)23(28)31-14-22(27)17-5-8-19(9-6-17)32(29,30)26-11-3-4-12-26/h5-10,13H,3-4,11-12,14H2,1-2H3. The summed E-state index contributed by atoms with van der Waals surface area (Å²) in [5.74, 6) is -1.07. The number of aryl methyl sites for hydroxylation is 2. The molecule has 2 aromatic carbocycles. The summed E-state index contributed by atoms with van der Waals surface area (Å²) >= 11 is 0. The van der Waals surface area contributed by atoms with Crippen LogP contribution in [0.15, 0.2) is 47.4 Å². The summed E-state index contributed by atoms with van der Waals surface area (Å²) in [7, 11) is -3.54. The molecule has 0 amide bonds. The predicted octanol–water partition coefficient (Wildman–Crippen LogP) is 3.07. The summed E-state index contributed by atoms with van der Waals surface area (Å²) < 4.78 is 31.8. The molecule has 0 unspecified atom stereocenters. The summed E-state index contributed by atoms with van der Waals surface area (Å²) in [5.41, 5.74) is 3.38. The average Bonchev–Trinajstić information content (AvgIpc) is 3.34. The van der Waals surface area contributed by atoms with Crippen molar-refractivity contribution in [3.8, 4) is 0 Å². The van der Waals surface area contributed by atoms with E-state index in [0.29, 0.717) is 24.1 Å². The van der Waals surface area contributed by atoms with Crippen LogP contribution in [0, 0.1) is 13.8 Å². The van der Waals surface area contributed by atoms with Gasteiger partial charge in [0.25, 0.3) is 0 Å². The van der Waals surface area contributed by atoms with Crippen molar-refractivity contribution in [3.63, 3.8) is 0 Å². The summed E-state index contributed by atoms with van der Waals surface area (Å²) in [6, 6.07) is 10.6. The molecule has 3 aromatic rings. The first kappa shape index (κ1) is 22.0. The molecule has 0 radical (unpaired) electrons. The van der Waals surface area contributed by atoms with Gasteiger partial charge in [-0.1, -0.05) is 0 Å². The van der Waals surface area contributed by atoms with E-state index in [-0.39, 0.29) is 16.0 Å². The van der Waals surface area contributed by atoms with Gasteiger partial charge in [0.1, 0.15) is 0 Å². The van der Waals surface area contributed by atoms with Gasteiger partial charge in [-0.05, 0) is 69.2 Å². The molecule has 1 saturated heterocycles. The Balaban J connectivity index is 1.41. The lowest BCUT2D eigenvalue weighted by Crippen LogP contribution is -2.27. The fourth-order valence-corrected chi connectivity index (χ4v) is 5.06. The summed E-state index contributed by atoms with van der Waals surface area (Å²) in [6.45, 7) is 4.28. The number of nitrogens with zero attached hydrogens (tertiary/aromatic N) is 3. The van der Waals surface area contributed by atoms with E-state index >= 15 is 0 Å². The van der Waals surface area contributed by atoms with Crippen molar-refractivity contribution in [1.29, 1.82) is 0 Å². The number of sulfonamides is 1. The van der Waals surface area contributed by atoms with Crippen LogP contribution in [0.4, 0.5) is 0 Å². The Kier molecular flexibility index (Phi) is 6.03. The fourth-order valence-electron chi connectivity index (χ4n) is 3.55. The van der Waals surface area contributed by atoms with Crippen molar-refractivity contribution in [1.82, 2.24) is 14.3 Å². The Morgan fingerprint density at radius 2 is 1.50 bits per heavy atom. The lowest BCUT2D eigenvalue weighted by molar-refractivity contribution is 0.0475. The Morgan fingerprint density at radius 3 is 2.16 bits per heavy atom. The van der Waals surface area contributed by atoms with Gasteiger partial charge in [0.2, 0.25) is 10.0 Å². The number of hydrogen-bond donors (Lipinski definition) is 0. The van der Waals surface area contributed by atoms with E-state index in [1.807, 2.05) is 13.8 Å². The van der Waals surface area contributed by atoms with Gasteiger partial charge in [0.05, 0.1) is 32.9 Å². The van der Waals surface area contributed by atoms with Gasteiger partial charge in [-0.2, -0.15) is 4.31 Å². The number of ether oxygens (including phenoxy) is 1. The zero-order chi connectivity index (χ0) is 22.9. The highest BCUT2D eigenvalue weighted by atomic mass is 32.2. The molecule has 0 spiro atoms. The lowest BCUT2D eigenvalue weighted by Gasteiger charge is -2.15. The molecular weight excluding hydrogens is 430 g/mol.